The molecular weight excluding hydrogens is 314 g/mol. The molecular formula is C19H23N5O. The van der Waals surface area contributed by atoms with Crippen LogP contribution in [-0.4, -0.2) is 25.5 Å². The minimum absolute atomic E-state index is 0.0610. The number of benzene rings is 1. The van der Waals surface area contributed by atoms with E-state index in [1.165, 1.54) is 5.56 Å². The Bertz CT molecular complexity index is 878. The molecule has 0 radical (unpaired) electrons. The van der Waals surface area contributed by atoms with Crippen LogP contribution in [0.4, 0.5) is 5.69 Å². The van der Waals surface area contributed by atoms with Crippen molar-refractivity contribution < 1.29 is 4.79 Å². The SMILES string of the molecule is CCCc1c(NC(=O)Cc2cnn(C)c2)cnn1-c1cccc(C)c1. The fourth-order valence-electron chi connectivity index (χ4n) is 2.88. The van der Waals surface area contributed by atoms with Gasteiger partial charge in [-0.2, -0.15) is 10.2 Å². The van der Waals surface area contributed by atoms with Crippen molar-refractivity contribution in [2.75, 3.05) is 5.32 Å². The van der Waals surface area contributed by atoms with Gasteiger partial charge in [-0.3, -0.25) is 9.48 Å². The van der Waals surface area contributed by atoms with Gasteiger partial charge in [0.05, 0.1) is 35.9 Å². The maximum absolute atomic E-state index is 12.4. The number of carbonyl (C=O) groups is 1. The van der Waals surface area contributed by atoms with E-state index >= 15 is 0 Å². The van der Waals surface area contributed by atoms with Crippen LogP contribution in [0.15, 0.2) is 42.9 Å². The quantitative estimate of drug-likeness (QED) is 0.752. The third kappa shape index (κ3) is 3.96. The van der Waals surface area contributed by atoms with Crippen LogP contribution in [0.5, 0.6) is 0 Å². The van der Waals surface area contributed by atoms with Crippen LogP contribution < -0.4 is 5.32 Å². The smallest absolute Gasteiger partial charge is 0.229 e. The van der Waals surface area contributed by atoms with Crippen molar-refractivity contribution in [3.05, 3.63) is 59.7 Å². The number of anilines is 1. The highest BCUT2D eigenvalue weighted by Crippen LogP contribution is 2.22. The summed E-state index contributed by atoms with van der Waals surface area (Å²) < 4.78 is 3.61. The molecule has 130 valence electrons. The van der Waals surface area contributed by atoms with E-state index < -0.39 is 0 Å². The summed E-state index contributed by atoms with van der Waals surface area (Å²) in [4.78, 5) is 12.4. The van der Waals surface area contributed by atoms with Gasteiger partial charge in [0.2, 0.25) is 5.91 Å². The van der Waals surface area contributed by atoms with Crippen LogP contribution in [0.2, 0.25) is 0 Å². The molecule has 0 unspecified atom stereocenters. The number of hydrogen-bond donors (Lipinski definition) is 1. The van der Waals surface area contributed by atoms with E-state index in [1.54, 1.807) is 17.1 Å². The van der Waals surface area contributed by atoms with Crippen molar-refractivity contribution in [3.8, 4) is 5.69 Å². The van der Waals surface area contributed by atoms with Crippen molar-refractivity contribution in [2.24, 2.45) is 7.05 Å². The molecule has 0 fully saturated rings. The number of amides is 1. The van der Waals surface area contributed by atoms with Gasteiger partial charge in [-0.1, -0.05) is 25.5 Å². The first-order valence-corrected chi connectivity index (χ1v) is 8.48. The number of carbonyl (C=O) groups excluding carboxylic acids is 1. The largest absolute Gasteiger partial charge is 0.323 e. The van der Waals surface area contributed by atoms with E-state index in [4.69, 9.17) is 0 Å². The van der Waals surface area contributed by atoms with Crippen molar-refractivity contribution >= 4 is 11.6 Å². The van der Waals surface area contributed by atoms with Gasteiger partial charge in [0.1, 0.15) is 0 Å². The molecule has 1 N–H and O–H groups in total. The first kappa shape index (κ1) is 17.0. The lowest BCUT2D eigenvalue weighted by Crippen LogP contribution is -2.15. The maximum Gasteiger partial charge on any atom is 0.229 e. The minimum atomic E-state index is -0.0610. The molecule has 1 aromatic carbocycles. The van der Waals surface area contributed by atoms with E-state index in [2.05, 4.69) is 41.5 Å². The van der Waals surface area contributed by atoms with Gasteiger partial charge < -0.3 is 5.32 Å². The molecule has 0 saturated carbocycles. The molecule has 6 nitrogen and oxygen atoms in total. The average Bonchev–Trinajstić information content (AvgIpc) is 3.15. The van der Waals surface area contributed by atoms with Crippen molar-refractivity contribution in [2.45, 2.75) is 33.1 Å². The fourth-order valence-corrected chi connectivity index (χ4v) is 2.88. The summed E-state index contributed by atoms with van der Waals surface area (Å²) in [5.74, 6) is -0.0610. The lowest BCUT2D eigenvalue weighted by atomic mass is 10.2. The van der Waals surface area contributed by atoms with Crippen LogP contribution in [0.3, 0.4) is 0 Å². The third-order valence-corrected chi connectivity index (χ3v) is 4.00. The Kier molecular flexibility index (Phi) is 4.97. The van der Waals surface area contributed by atoms with Gasteiger partial charge >= 0.3 is 0 Å². The average molecular weight is 337 g/mol. The molecule has 0 aliphatic heterocycles. The molecule has 0 spiro atoms. The molecule has 1 amide bonds. The third-order valence-electron chi connectivity index (χ3n) is 4.00. The van der Waals surface area contributed by atoms with Gasteiger partial charge in [0.25, 0.3) is 0 Å². The summed E-state index contributed by atoms with van der Waals surface area (Å²) >= 11 is 0. The summed E-state index contributed by atoms with van der Waals surface area (Å²) in [6.07, 6.45) is 7.41. The molecule has 6 heteroatoms. The first-order valence-electron chi connectivity index (χ1n) is 8.48. The molecule has 0 bridgehead atoms. The Hall–Kier alpha value is -2.89. The Morgan fingerprint density at radius 1 is 1.24 bits per heavy atom. The lowest BCUT2D eigenvalue weighted by molar-refractivity contribution is -0.115. The standard InChI is InChI=1S/C19H23N5O/c1-4-6-18-17(22-19(25)10-15-11-20-23(3)13-15)12-21-24(18)16-8-5-7-14(2)9-16/h5,7-9,11-13H,4,6,10H2,1-3H3,(H,22,25). The van der Waals surface area contributed by atoms with E-state index in [1.807, 2.05) is 30.1 Å². The molecule has 2 aromatic heterocycles. The van der Waals surface area contributed by atoms with E-state index in [-0.39, 0.29) is 5.91 Å². The molecule has 25 heavy (non-hydrogen) atoms. The van der Waals surface area contributed by atoms with Crippen LogP contribution >= 0.6 is 0 Å². The second-order valence-corrected chi connectivity index (χ2v) is 6.25. The highest BCUT2D eigenvalue weighted by Gasteiger charge is 2.15. The highest BCUT2D eigenvalue weighted by atomic mass is 16.1. The Morgan fingerprint density at radius 2 is 2.08 bits per heavy atom. The summed E-state index contributed by atoms with van der Waals surface area (Å²) in [6.45, 7) is 4.18. The van der Waals surface area contributed by atoms with Gasteiger partial charge in [0, 0.05) is 13.2 Å². The molecule has 3 aromatic rings. The van der Waals surface area contributed by atoms with Crippen LogP contribution in [0.25, 0.3) is 5.69 Å². The van der Waals surface area contributed by atoms with Crippen molar-refractivity contribution in [3.63, 3.8) is 0 Å². The second kappa shape index (κ2) is 7.34. The predicted molar refractivity (Wildman–Crippen MR) is 97.8 cm³/mol. The van der Waals surface area contributed by atoms with Crippen LogP contribution in [0.1, 0.15) is 30.2 Å². The van der Waals surface area contributed by atoms with Crippen LogP contribution in [0, 0.1) is 6.92 Å². The lowest BCUT2D eigenvalue weighted by Gasteiger charge is -2.10. The van der Waals surface area contributed by atoms with E-state index in [9.17, 15) is 4.79 Å². The van der Waals surface area contributed by atoms with Gasteiger partial charge in [-0.05, 0) is 36.6 Å². The van der Waals surface area contributed by atoms with E-state index in [0.29, 0.717) is 6.42 Å². The summed E-state index contributed by atoms with van der Waals surface area (Å²) in [5, 5.41) is 11.6. The van der Waals surface area contributed by atoms with Gasteiger partial charge in [0.15, 0.2) is 0 Å². The predicted octanol–water partition coefficient (Wildman–Crippen LogP) is 3.05. The zero-order valence-electron chi connectivity index (χ0n) is 14.9. The van der Waals surface area contributed by atoms with Crippen molar-refractivity contribution in [1.82, 2.24) is 19.6 Å². The highest BCUT2D eigenvalue weighted by molar-refractivity contribution is 5.92. The topological polar surface area (TPSA) is 64.7 Å². The number of aryl methyl sites for hydroxylation is 2. The molecule has 0 saturated heterocycles. The first-order chi connectivity index (χ1) is 12.1. The second-order valence-electron chi connectivity index (χ2n) is 6.25. The van der Waals surface area contributed by atoms with Crippen molar-refractivity contribution in [1.29, 1.82) is 0 Å². The van der Waals surface area contributed by atoms with Crippen LogP contribution in [-0.2, 0) is 24.7 Å². The zero-order valence-corrected chi connectivity index (χ0v) is 14.9. The number of nitrogens with zero attached hydrogens (tertiary/aromatic N) is 4. The minimum Gasteiger partial charge on any atom is -0.323 e. The monoisotopic (exact) mass is 337 g/mol. The number of rotatable bonds is 6. The summed E-state index contributed by atoms with van der Waals surface area (Å²) in [7, 11) is 1.84. The molecule has 2 heterocycles. The zero-order chi connectivity index (χ0) is 17.8. The van der Waals surface area contributed by atoms with E-state index in [0.717, 1.165) is 35.5 Å². The molecule has 0 aliphatic carbocycles. The Morgan fingerprint density at radius 3 is 2.76 bits per heavy atom. The molecule has 0 atom stereocenters. The summed E-state index contributed by atoms with van der Waals surface area (Å²) in [6, 6.07) is 8.19. The molecule has 0 aliphatic rings. The van der Waals surface area contributed by atoms with Gasteiger partial charge in [-0.15, -0.1) is 0 Å². The maximum atomic E-state index is 12.4. The number of nitrogens with one attached hydrogen (secondary N) is 1. The molecule has 3 rings (SSSR count). The Balaban J connectivity index is 1.82. The fraction of sp³-hybridized carbons (Fsp3) is 0.316. The normalized spacial score (nSPS) is 10.8. The summed E-state index contributed by atoms with van der Waals surface area (Å²) in [5.41, 5.74) is 4.88. The number of hydrogen-bond acceptors (Lipinski definition) is 3. The Labute approximate surface area is 147 Å². The number of aromatic nitrogens is 4. The van der Waals surface area contributed by atoms with Gasteiger partial charge in [-0.25, -0.2) is 4.68 Å².